The van der Waals surface area contributed by atoms with Crippen LogP contribution >= 0.6 is 0 Å². The normalized spacial score (nSPS) is 34.3. The van der Waals surface area contributed by atoms with Gasteiger partial charge in [0.25, 0.3) is 0 Å². The molecule has 4 atom stereocenters. The number of carbonyl (C=O) groups is 2. The zero-order chi connectivity index (χ0) is 15.9. The Balaban J connectivity index is 1.34. The van der Waals surface area contributed by atoms with E-state index in [0.29, 0.717) is 12.3 Å². The van der Waals surface area contributed by atoms with Crippen molar-refractivity contribution in [2.45, 2.75) is 51.6 Å². The van der Waals surface area contributed by atoms with Crippen molar-refractivity contribution >= 4 is 11.8 Å². The van der Waals surface area contributed by atoms with Crippen LogP contribution in [0.25, 0.3) is 0 Å². The van der Waals surface area contributed by atoms with Gasteiger partial charge in [0.1, 0.15) is 6.61 Å². The van der Waals surface area contributed by atoms with Gasteiger partial charge < -0.3 is 4.74 Å². The standard InChI is InChI=1S/C20H24O3/c21-18(19(22)23-13-15-4-2-1-3-5-15)12-20-9-8-14-6-7-16(11-20)17(20)10-14/h1-5,14,16-17H,6-13H2. The van der Waals surface area contributed by atoms with E-state index in [-0.39, 0.29) is 17.8 Å². The fraction of sp³-hybridized carbons (Fsp3) is 0.600. The Morgan fingerprint density at radius 2 is 1.96 bits per heavy atom. The Morgan fingerprint density at radius 3 is 2.78 bits per heavy atom. The summed E-state index contributed by atoms with van der Waals surface area (Å²) in [6, 6.07) is 9.52. The lowest BCUT2D eigenvalue weighted by Crippen LogP contribution is -2.55. The second-order valence-electron chi connectivity index (χ2n) is 7.81. The maximum Gasteiger partial charge on any atom is 0.374 e. The predicted octanol–water partition coefficient (Wildman–Crippen LogP) is 3.91. The summed E-state index contributed by atoms with van der Waals surface area (Å²) in [5, 5.41) is 0. The largest absolute Gasteiger partial charge is 0.455 e. The average Bonchev–Trinajstić information content (AvgIpc) is 2.55. The van der Waals surface area contributed by atoms with Gasteiger partial charge in [-0.2, -0.15) is 0 Å². The topological polar surface area (TPSA) is 43.4 Å². The van der Waals surface area contributed by atoms with Gasteiger partial charge in [0.15, 0.2) is 0 Å². The molecular weight excluding hydrogens is 288 g/mol. The van der Waals surface area contributed by atoms with Gasteiger partial charge in [0, 0.05) is 6.42 Å². The summed E-state index contributed by atoms with van der Waals surface area (Å²) in [4.78, 5) is 24.4. The molecule has 2 bridgehead atoms. The van der Waals surface area contributed by atoms with Crippen molar-refractivity contribution in [3.8, 4) is 0 Å². The molecule has 3 aliphatic carbocycles. The van der Waals surface area contributed by atoms with Gasteiger partial charge in [0.2, 0.25) is 5.78 Å². The molecule has 0 heterocycles. The second kappa shape index (κ2) is 5.77. The maximum atomic E-state index is 12.3. The summed E-state index contributed by atoms with van der Waals surface area (Å²) in [6.07, 6.45) is 7.95. The van der Waals surface area contributed by atoms with Crippen LogP contribution in [0.4, 0.5) is 0 Å². The number of ether oxygens (including phenoxy) is 1. The van der Waals surface area contributed by atoms with Crippen LogP contribution in [0.2, 0.25) is 0 Å². The van der Waals surface area contributed by atoms with Gasteiger partial charge in [-0.15, -0.1) is 0 Å². The molecule has 1 aromatic carbocycles. The number of hydrogen-bond donors (Lipinski definition) is 0. The third-order valence-corrected chi connectivity index (χ3v) is 6.56. The first-order valence-electron chi connectivity index (χ1n) is 8.90. The molecule has 3 fully saturated rings. The molecule has 0 aliphatic heterocycles. The zero-order valence-corrected chi connectivity index (χ0v) is 13.5. The molecule has 0 spiro atoms. The first kappa shape index (κ1) is 14.9. The zero-order valence-electron chi connectivity index (χ0n) is 13.5. The molecule has 3 saturated carbocycles. The van der Waals surface area contributed by atoms with E-state index in [2.05, 4.69) is 0 Å². The van der Waals surface area contributed by atoms with Crippen molar-refractivity contribution in [2.24, 2.45) is 23.2 Å². The number of rotatable bonds is 5. The molecule has 4 unspecified atom stereocenters. The lowest BCUT2D eigenvalue weighted by atomic mass is 9.42. The molecule has 0 amide bonds. The predicted molar refractivity (Wildman–Crippen MR) is 86.5 cm³/mol. The molecule has 23 heavy (non-hydrogen) atoms. The third-order valence-electron chi connectivity index (χ3n) is 6.56. The lowest BCUT2D eigenvalue weighted by Gasteiger charge is -2.62. The molecule has 0 aromatic heterocycles. The number of ketones is 1. The first-order valence-corrected chi connectivity index (χ1v) is 8.90. The van der Waals surface area contributed by atoms with Gasteiger partial charge in [-0.1, -0.05) is 36.8 Å². The summed E-state index contributed by atoms with van der Waals surface area (Å²) < 4.78 is 5.21. The van der Waals surface area contributed by atoms with Crippen molar-refractivity contribution in [3.63, 3.8) is 0 Å². The van der Waals surface area contributed by atoms with E-state index in [9.17, 15) is 9.59 Å². The van der Waals surface area contributed by atoms with E-state index < -0.39 is 5.97 Å². The summed E-state index contributed by atoms with van der Waals surface area (Å²) in [5.74, 6) is 1.43. The quantitative estimate of drug-likeness (QED) is 0.611. The van der Waals surface area contributed by atoms with Crippen molar-refractivity contribution in [2.75, 3.05) is 0 Å². The maximum absolute atomic E-state index is 12.3. The monoisotopic (exact) mass is 312 g/mol. The van der Waals surface area contributed by atoms with E-state index >= 15 is 0 Å². The van der Waals surface area contributed by atoms with E-state index in [0.717, 1.165) is 30.2 Å². The number of benzene rings is 1. The van der Waals surface area contributed by atoms with Crippen LogP contribution in [0.5, 0.6) is 0 Å². The van der Waals surface area contributed by atoms with Gasteiger partial charge >= 0.3 is 5.97 Å². The highest BCUT2D eigenvalue weighted by Crippen LogP contribution is 2.66. The van der Waals surface area contributed by atoms with Crippen LogP contribution in [0.3, 0.4) is 0 Å². The SMILES string of the molecule is O=C(CC12CCC3CCC(C1)C2C3)C(=O)OCc1ccccc1. The van der Waals surface area contributed by atoms with Crippen molar-refractivity contribution in [1.29, 1.82) is 0 Å². The number of hydrogen-bond acceptors (Lipinski definition) is 3. The fourth-order valence-corrected chi connectivity index (χ4v) is 5.36. The minimum absolute atomic E-state index is 0.129. The van der Waals surface area contributed by atoms with Gasteiger partial charge in [-0.05, 0) is 60.8 Å². The number of fused-ring (bicyclic) bond motifs is 1. The lowest BCUT2D eigenvalue weighted by molar-refractivity contribution is -0.164. The van der Waals surface area contributed by atoms with E-state index in [1.807, 2.05) is 30.3 Å². The molecule has 122 valence electrons. The van der Waals surface area contributed by atoms with E-state index in [4.69, 9.17) is 4.74 Å². The number of esters is 1. The molecule has 1 aromatic rings. The van der Waals surface area contributed by atoms with Crippen LogP contribution in [0.1, 0.15) is 50.5 Å². The molecule has 3 nitrogen and oxygen atoms in total. The number of Topliss-reactive ketones (excluding diaryl/α,β-unsaturated/α-hetero) is 1. The van der Waals surface area contributed by atoms with Gasteiger partial charge in [-0.3, -0.25) is 4.79 Å². The number of carbonyl (C=O) groups excluding carboxylic acids is 2. The van der Waals surface area contributed by atoms with E-state index in [1.165, 1.54) is 25.7 Å². The minimum Gasteiger partial charge on any atom is -0.455 e. The Bertz CT molecular complexity index is 605. The highest BCUT2D eigenvalue weighted by Gasteiger charge is 2.58. The Morgan fingerprint density at radius 1 is 1.13 bits per heavy atom. The van der Waals surface area contributed by atoms with Gasteiger partial charge in [0.05, 0.1) is 0 Å². The van der Waals surface area contributed by atoms with Crippen LogP contribution in [-0.4, -0.2) is 11.8 Å². The average molecular weight is 312 g/mol. The second-order valence-corrected chi connectivity index (χ2v) is 7.81. The minimum atomic E-state index is -0.649. The fourth-order valence-electron chi connectivity index (χ4n) is 5.36. The summed E-state index contributed by atoms with van der Waals surface area (Å²) in [6.45, 7) is 0.187. The van der Waals surface area contributed by atoms with Crippen LogP contribution in [0.15, 0.2) is 30.3 Å². The van der Waals surface area contributed by atoms with Crippen LogP contribution in [0, 0.1) is 23.2 Å². The van der Waals surface area contributed by atoms with Crippen molar-refractivity contribution in [1.82, 2.24) is 0 Å². The Labute approximate surface area is 137 Å². The van der Waals surface area contributed by atoms with Gasteiger partial charge in [-0.25, -0.2) is 4.79 Å². The first-order chi connectivity index (χ1) is 11.2. The molecular formula is C20H24O3. The van der Waals surface area contributed by atoms with Crippen LogP contribution < -0.4 is 0 Å². The molecule has 0 saturated heterocycles. The smallest absolute Gasteiger partial charge is 0.374 e. The molecule has 0 radical (unpaired) electrons. The molecule has 0 N–H and O–H groups in total. The van der Waals surface area contributed by atoms with Crippen molar-refractivity contribution in [3.05, 3.63) is 35.9 Å². The summed E-state index contributed by atoms with van der Waals surface area (Å²) in [7, 11) is 0. The van der Waals surface area contributed by atoms with Crippen LogP contribution in [-0.2, 0) is 20.9 Å². The third kappa shape index (κ3) is 2.71. The van der Waals surface area contributed by atoms with E-state index in [1.54, 1.807) is 0 Å². The summed E-state index contributed by atoms with van der Waals surface area (Å²) >= 11 is 0. The molecule has 3 heteroatoms. The Hall–Kier alpha value is -1.64. The Kier molecular flexibility index (Phi) is 3.74. The molecule has 3 aliphatic rings. The highest BCUT2D eigenvalue weighted by molar-refractivity contribution is 6.33. The van der Waals surface area contributed by atoms with Crippen molar-refractivity contribution < 1.29 is 14.3 Å². The summed E-state index contributed by atoms with van der Waals surface area (Å²) in [5.41, 5.74) is 1.05. The highest BCUT2D eigenvalue weighted by atomic mass is 16.5. The molecule has 4 rings (SSSR count).